The van der Waals surface area contributed by atoms with E-state index in [4.69, 9.17) is 5.11 Å². The molecule has 1 aromatic rings. The molecule has 0 spiro atoms. The molecule has 1 amide bonds. The number of rotatable bonds is 6. The Morgan fingerprint density at radius 1 is 1.26 bits per heavy atom. The van der Waals surface area contributed by atoms with Crippen LogP contribution in [0.3, 0.4) is 0 Å². The van der Waals surface area contributed by atoms with Crippen LogP contribution in [0.2, 0.25) is 0 Å². The monoisotopic (exact) mass is 269 g/mol. The number of carbonyl (C=O) groups excluding carboxylic acids is 1. The zero-order valence-corrected chi connectivity index (χ0v) is 10.8. The van der Waals surface area contributed by atoms with Gasteiger partial charge in [-0.3, -0.25) is 4.79 Å². The first kappa shape index (κ1) is 15.1. The topological polar surface area (TPSA) is 75.6 Å². The van der Waals surface area contributed by atoms with E-state index in [2.05, 4.69) is 10.1 Å². The molecule has 0 saturated carbocycles. The third-order valence-electron chi connectivity index (χ3n) is 2.44. The van der Waals surface area contributed by atoms with Crippen molar-refractivity contribution < 1.29 is 23.8 Å². The molecular formula is C13H16FNO4. The Morgan fingerprint density at radius 3 is 2.37 bits per heavy atom. The Bertz CT molecular complexity index is 465. The maximum Gasteiger partial charge on any atom is 0.329 e. The highest BCUT2D eigenvalue weighted by Gasteiger charge is 2.07. The maximum absolute atomic E-state index is 13.4. The van der Waals surface area contributed by atoms with Gasteiger partial charge in [-0.25, -0.2) is 9.18 Å². The summed E-state index contributed by atoms with van der Waals surface area (Å²) in [4.78, 5) is 21.5. The molecule has 0 fully saturated rings. The quantitative estimate of drug-likeness (QED) is 0.812. The highest BCUT2D eigenvalue weighted by molar-refractivity contribution is 5.77. The molecule has 0 atom stereocenters. The molecule has 6 heteroatoms. The summed E-state index contributed by atoms with van der Waals surface area (Å²) < 4.78 is 18.0. The summed E-state index contributed by atoms with van der Waals surface area (Å²) in [6.45, 7) is 2.73. The summed E-state index contributed by atoms with van der Waals surface area (Å²) in [7, 11) is 0. The molecule has 2 N–H and O–H groups in total. The SMILES string of the molecule is Cc1cc(CNC(=O)COCC(=O)O)cc(C)c1F. The number of aryl methyl sites for hydroxylation is 2. The first-order valence-electron chi connectivity index (χ1n) is 5.72. The van der Waals surface area contributed by atoms with Gasteiger partial charge in [0.1, 0.15) is 19.0 Å². The number of nitrogens with one attached hydrogen (secondary N) is 1. The molecular weight excluding hydrogens is 253 g/mol. The van der Waals surface area contributed by atoms with Crippen molar-refractivity contribution in [1.29, 1.82) is 0 Å². The van der Waals surface area contributed by atoms with Crippen molar-refractivity contribution in [3.8, 4) is 0 Å². The lowest BCUT2D eigenvalue weighted by Gasteiger charge is -2.08. The summed E-state index contributed by atoms with van der Waals surface area (Å²) in [6, 6.07) is 3.31. The number of amides is 1. The van der Waals surface area contributed by atoms with Crippen LogP contribution in [0.15, 0.2) is 12.1 Å². The third kappa shape index (κ3) is 5.05. The molecule has 0 saturated heterocycles. The molecule has 0 unspecified atom stereocenters. The van der Waals surface area contributed by atoms with E-state index in [1.807, 2.05) is 0 Å². The minimum Gasteiger partial charge on any atom is -0.480 e. The molecule has 1 rings (SSSR count). The summed E-state index contributed by atoms with van der Waals surface area (Å²) in [5.74, 6) is -1.79. The Morgan fingerprint density at radius 2 is 1.84 bits per heavy atom. The number of carbonyl (C=O) groups is 2. The lowest BCUT2D eigenvalue weighted by molar-refractivity contribution is -0.143. The highest BCUT2D eigenvalue weighted by Crippen LogP contribution is 2.14. The Balaban J connectivity index is 2.44. The minimum absolute atomic E-state index is 0.247. The van der Waals surface area contributed by atoms with Crippen molar-refractivity contribution >= 4 is 11.9 Å². The van der Waals surface area contributed by atoms with E-state index in [1.54, 1.807) is 26.0 Å². The first-order chi connectivity index (χ1) is 8.90. The fourth-order valence-electron chi connectivity index (χ4n) is 1.62. The average Bonchev–Trinajstić information content (AvgIpc) is 2.32. The molecule has 104 valence electrons. The molecule has 0 aliphatic carbocycles. The second kappa shape index (κ2) is 6.84. The Hall–Kier alpha value is -1.95. The van der Waals surface area contributed by atoms with E-state index in [1.165, 1.54) is 0 Å². The molecule has 0 aliphatic heterocycles. The van der Waals surface area contributed by atoms with Crippen molar-refractivity contribution in [2.24, 2.45) is 0 Å². The molecule has 0 aromatic heterocycles. The second-order valence-electron chi connectivity index (χ2n) is 4.21. The zero-order chi connectivity index (χ0) is 14.4. The summed E-state index contributed by atoms with van der Waals surface area (Å²) in [6.07, 6.45) is 0. The van der Waals surface area contributed by atoms with Crippen molar-refractivity contribution in [2.75, 3.05) is 13.2 Å². The summed E-state index contributed by atoms with van der Waals surface area (Å²) >= 11 is 0. The van der Waals surface area contributed by atoms with Crippen LogP contribution in [0.1, 0.15) is 16.7 Å². The molecule has 19 heavy (non-hydrogen) atoms. The van der Waals surface area contributed by atoms with Gasteiger partial charge in [0.2, 0.25) is 5.91 Å². The van der Waals surface area contributed by atoms with Gasteiger partial charge in [-0.15, -0.1) is 0 Å². The summed E-state index contributed by atoms with van der Waals surface area (Å²) in [5, 5.41) is 10.9. The molecule has 0 bridgehead atoms. The lowest BCUT2D eigenvalue weighted by atomic mass is 10.1. The van der Waals surface area contributed by atoms with Gasteiger partial charge in [0, 0.05) is 6.54 Å². The third-order valence-corrected chi connectivity index (χ3v) is 2.44. The van der Waals surface area contributed by atoms with Crippen molar-refractivity contribution in [3.63, 3.8) is 0 Å². The Kier molecular flexibility index (Phi) is 5.44. The predicted octanol–water partition coefficient (Wildman–Crippen LogP) is 1.16. The first-order valence-corrected chi connectivity index (χ1v) is 5.72. The van der Waals surface area contributed by atoms with E-state index in [-0.39, 0.29) is 19.0 Å². The van der Waals surface area contributed by atoms with Crippen LogP contribution in [0.25, 0.3) is 0 Å². The van der Waals surface area contributed by atoms with Gasteiger partial charge in [0.25, 0.3) is 0 Å². The fraction of sp³-hybridized carbons (Fsp3) is 0.385. The van der Waals surface area contributed by atoms with Crippen LogP contribution >= 0.6 is 0 Å². The zero-order valence-electron chi connectivity index (χ0n) is 10.8. The number of halogens is 1. The normalized spacial score (nSPS) is 10.3. The number of hydrogen-bond acceptors (Lipinski definition) is 3. The number of benzene rings is 1. The van der Waals surface area contributed by atoms with Gasteiger partial charge in [0.05, 0.1) is 0 Å². The fourth-order valence-corrected chi connectivity index (χ4v) is 1.62. The van der Waals surface area contributed by atoms with Crippen molar-refractivity contribution in [2.45, 2.75) is 20.4 Å². The van der Waals surface area contributed by atoms with E-state index >= 15 is 0 Å². The molecule has 0 aliphatic rings. The number of carboxylic acids is 1. The van der Waals surface area contributed by atoms with E-state index in [0.29, 0.717) is 11.1 Å². The maximum atomic E-state index is 13.4. The highest BCUT2D eigenvalue weighted by atomic mass is 19.1. The van der Waals surface area contributed by atoms with Crippen LogP contribution in [0, 0.1) is 19.7 Å². The Labute approximate surface area is 110 Å². The number of carboxylic acid groups (broad SMARTS) is 1. The molecule has 0 radical (unpaired) electrons. The van der Waals surface area contributed by atoms with Crippen LogP contribution in [0.5, 0.6) is 0 Å². The van der Waals surface area contributed by atoms with Gasteiger partial charge < -0.3 is 15.2 Å². The predicted molar refractivity (Wildman–Crippen MR) is 66.2 cm³/mol. The second-order valence-corrected chi connectivity index (χ2v) is 4.21. The number of ether oxygens (including phenoxy) is 1. The average molecular weight is 269 g/mol. The van der Waals surface area contributed by atoms with Gasteiger partial charge in [-0.05, 0) is 30.5 Å². The minimum atomic E-state index is -1.13. The van der Waals surface area contributed by atoms with Gasteiger partial charge in [-0.1, -0.05) is 12.1 Å². The van der Waals surface area contributed by atoms with Gasteiger partial charge >= 0.3 is 5.97 Å². The number of hydrogen-bond donors (Lipinski definition) is 2. The standard InChI is InChI=1S/C13H16FNO4/c1-8-3-10(4-9(2)13(8)14)5-15-11(16)6-19-7-12(17)18/h3-4H,5-7H2,1-2H3,(H,15,16)(H,17,18). The molecule has 0 heterocycles. The number of aliphatic carboxylic acids is 1. The van der Waals surface area contributed by atoms with Crippen molar-refractivity contribution in [3.05, 3.63) is 34.6 Å². The van der Waals surface area contributed by atoms with Crippen LogP contribution < -0.4 is 5.32 Å². The van der Waals surface area contributed by atoms with Crippen LogP contribution in [0.4, 0.5) is 4.39 Å². The smallest absolute Gasteiger partial charge is 0.329 e. The largest absolute Gasteiger partial charge is 0.480 e. The van der Waals surface area contributed by atoms with E-state index in [9.17, 15) is 14.0 Å². The van der Waals surface area contributed by atoms with E-state index < -0.39 is 18.5 Å². The van der Waals surface area contributed by atoms with Crippen molar-refractivity contribution in [1.82, 2.24) is 5.32 Å². The summed E-state index contributed by atoms with van der Waals surface area (Å²) in [5.41, 5.74) is 1.82. The lowest BCUT2D eigenvalue weighted by Crippen LogP contribution is -2.28. The molecule has 5 nitrogen and oxygen atoms in total. The van der Waals surface area contributed by atoms with E-state index in [0.717, 1.165) is 5.56 Å². The van der Waals surface area contributed by atoms with Gasteiger partial charge in [-0.2, -0.15) is 0 Å². The van der Waals surface area contributed by atoms with Crippen LogP contribution in [-0.4, -0.2) is 30.2 Å². The van der Waals surface area contributed by atoms with Crippen LogP contribution in [-0.2, 0) is 20.9 Å². The molecule has 1 aromatic carbocycles. The van der Waals surface area contributed by atoms with Gasteiger partial charge in [0.15, 0.2) is 0 Å².